The van der Waals surface area contributed by atoms with Gasteiger partial charge in [0.1, 0.15) is 5.76 Å². The smallest absolute Gasteiger partial charge is 0.160 e. The van der Waals surface area contributed by atoms with Crippen LogP contribution in [0.1, 0.15) is 17.0 Å². The number of hydrogen-bond donors (Lipinski definition) is 0. The van der Waals surface area contributed by atoms with Crippen LogP contribution in [0, 0.1) is 0 Å². The van der Waals surface area contributed by atoms with Gasteiger partial charge in [-0.25, -0.2) is 9.97 Å². The predicted octanol–water partition coefficient (Wildman–Crippen LogP) is 2.69. The lowest BCUT2D eigenvalue weighted by Crippen LogP contribution is -2.30. The SMILES string of the molecule is c1cncc(-c2ncc3c(n2)CN(Cc2ccco2)CC3)c1. The summed E-state index contributed by atoms with van der Waals surface area (Å²) in [6, 6.07) is 7.83. The summed E-state index contributed by atoms with van der Waals surface area (Å²) in [7, 11) is 0. The summed E-state index contributed by atoms with van der Waals surface area (Å²) in [6.45, 7) is 2.65. The van der Waals surface area contributed by atoms with Gasteiger partial charge < -0.3 is 4.42 Å². The minimum Gasteiger partial charge on any atom is -0.468 e. The van der Waals surface area contributed by atoms with Gasteiger partial charge in [-0.1, -0.05) is 0 Å². The van der Waals surface area contributed by atoms with Gasteiger partial charge in [-0.05, 0) is 36.2 Å². The lowest BCUT2D eigenvalue weighted by molar-refractivity contribution is 0.222. The number of rotatable bonds is 3. The van der Waals surface area contributed by atoms with Crippen LogP contribution in [0.4, 0.5) is 0 Å². The van der Waals surface area contributed by atoms with E-state index >= 15 is 0 Å². The molecule has 110 valence electrons. The van der Waals surface area contributed by atoms with Crippen LogP contribution < -0.4 is 0 Å². The zero-order chi connectivity index (χ0) is 14.8. The molecule has 1 aliphatic rings. The first kappa shape index (κ1) is 13.2. The largest absolute Gasteiger partial charge is 0.468 e. The van der Waals surface area contributed by atoms with Crippen LogP contribution >= 0.6 is 0 Å². The first-order valence-corrected chi connectivity index (χ1v) is 7.38. The van der Waals surface area contributed by atoms with Crippen molar-refractivity contribution in [2.75, 3.05) is 6.54 Å². The van der Waals surface area contributed by atoms with Gasteiger partial charge in [-0.15, -0.1) is 0 Å². The second-order valence-electron chi connectivity index (χ2n) is 5.45. The van der Waals surface area contributed by atoms with Crippen molar-refractivity contribution in [2.45, 2.75) is 19.5 Å². The Balaban J connectivity index is 1.58. The van der Waals surface area contributed by atoms with Gasteiger partial charge in [-0.3, -0.25) is 9.88 Å². The van der Waals surface area contributed by atoms with E-state index in [1.165, 1.54) is 5.56 Å². The molecule has 0 saturated carbocycles. The Kier molecular flexibility index (Phi) is 3.40. The molecule has 0 amide bonds. The van der Waals surface area contributed by atoms with Crippen LogP contribution in [0.5, 0.6) is 0 Å². The molecule has 0 radical (unpaired) electrons. The summed E-state index contributed by atoms with van der Waals surface area (Å²) < 4.78 is 5.43. The molecule has 0 unspecified atom stereocenters. The third-order valence-corrected chi connectivity index (χ3v) is 3.90. The summed E-state index contributed by atoms with van der Waals surface area (Å²) in [5, 5.41) is 0. The highest BCUT2D eigenvalue weighted by Crippen LogP contribution is 2.21. The number of fused-ring (bicyclic) bond motifs is 1. The molecular weight excluding hydrogens is 276 g/mol. The maximum atomic E-state index is 5.43. The molecule has 0 fully saturated rings. The quantitative estimate of drug-likeness (QED) is 0.743. The van der Waals surface area contributed by atoms with E-state index in [-0.39, 0.29) is 0 Å². The highest BCUT2D eigenvalue weighted by atomic mass is 16.3. The van der Waals surface area contributed by atoms with Crippen molar-refractivity contribution in [3.8, 4) is 11.4 Å². The molecule has 4 heterocycles. The first-order chi connectivity index (χ1) is 10.9. The highest BCUT2D eigenvalue weighted by molar-refractivity contribution is 5.53. The molecule has 4 rings (SSSR count). The van der Waals surface area contributed by atoms with Crippen molar-refractivity contribution in [2.24, 2.45) is 0 Å². The number of aromatic nitrogens is 3. The second kappa shape index (κ2) is 5.69. The Morgan fingerprint density at radius 3 is 3.00 bits per heavy atom. The lowest BCUT2D eigenvalue weighted by atomic mass is 10.1. The number of pyridine rings is 1. The van der Waals surface area contributed by atoms with Gasteiger partial charge in [0.25, 0.3) is 0 Å². The number of furan rings is 1. The molecule has 0 bridgehead atoms. The van der Waals surface area contributed by atoms with Gasteiger partial charge in [0, 0.05) is 37.2 Å². The fourth-order valence-electron chi connectivity index (χ4n) is 2.75. The Hall–Kier alpha value is -2.53. The molecule has 5 heteroatoms. The molecule has 0 spiro atoms. The molecule has 0 N–H and O–H groups in total. The van der Waals surface area contributed by atoms with E-state index in [1.54, 1.807) is 18.7 Å². The molecule has 1 aliphatic heterocycles. The minimum atomic E-state index is 0.742. The predicted molar refractivity (Wildman–Crippen MR) is 81.8 cm³/mol. The van der Waals surface area contributed by atoms with Crippen molar-refractivity contribution in [1.82, 2.24) is 19.9 Å². The van der Waals surface area contributed by atoms with Crippen molar-refractivity contribution in [3.63, 3.8) is 0 Å². The zero-order valence-corrected chi connectivity index (χ0v) is 12.1. The van der Waals surface area contributed by atoms with Gasteiger partial charge in [0.05, 0.1) is 18.5 Å². The van der Waals surface area contributed by atoms with E-state index in [0.29, 0.717) is 0 Å². The van der Waals surface area contributed by atoms with Gasteiger partial charge >= 0.3 is 0 Å². The topological polar surface area (TPSA) is 55.1 Å². The minimum absolute atomic E-state index is 0.742. The van der Waals surface area contributed by atoms with E-state index in [1.807, 2.05) is 30.5 Å². The van der Waals surface area contributed by atoms with E-state index in [0.717, 1.165) is 48.9 Å². The summed E-state index contributed by atoms with van der Waals surface area (Å²) in [6.07, 6.45) is 8.20. The first-order valence-electron chi connectivity index (χ1n) is 7.38. The third kappa shape index (κ3) is 2.63. The van der Waals surface area contributed by atoms with Gasteiger partial charge in [0.2, 0.25) is 0 Å². The Bertz CT molecular complexity index is 756. The van der Waals surface area contributed by atoms with E-state index in [4.69, 9.17) is 9.40 Å². The average molecular weight is 292 g/mol. The van der Waals surface area contributed by atoms with Crippen molar-refractivity contribution >= 4 is 0 Å². The standard InChI is InChI=1S/C17H16N4O/c1-3-14(9-18-6-1)17-19-10-13-5-7-21(12-16(13)20-17)11-15-4-2-8-22-15/h1-4,6,8-10H,5,7,11-12H2. The van der Waals surface area contributed by atoms with Crippen LogP contribution in [0.3, 0.4) is 0 Å². The Morgan fingerprint density at radius 1 is 1.18 bits per heavy atom. The lowest BCUT2D eigenvalue weighted by Gasteiger charge is -2.27. The second-order valence-corrected chi connectivity index (χ2v) is 5.45. The summed E-state index contributed by atoms with van der Waals surface area (Å²) >= 11 is 0. The monoisotopic (exact) mass is 292 g/mol. The van der Waals surface area contributed by atoms with E-state index in [2.05, 4.69) is 14.9 Å². The normalized spacial score (nSPS) is 14.7. The summed E-state index contributed by atoms with van der Waals surface area (Å²) in [5.41, 5.74) is 3.29. The van der Waals surface area contributed by atoms with Crippen molar-refractivity contribution < 1.29 is 4.42 Å². The maximum absolute atomic E-state index is 5.43. The molecule has 0 atom stereocenters. The molecule has 3 aromatic heterocycles. The van der Waals surface area contributed by atoms with Crippen molar-refractivity contribution in [1.29, 1.82) is 0 Å². The maximum Gasteiger partial charge on any atom is 0.160 e. The highest BCUT2D eigenvalue weighted by Gasteiger charge is 2.19. The Labute approximate surface area is 128 Å². The average Bonchev–Trinajstić information content (AvgIpc) is 3.08. The molecule has 3 aromatic rings. The summed E-state index contributed by atoms with van der Waals surface area (Å²) in [5.74, 6) is 1.73. The molecule has 5 nitrogen and oxygen atoms in total. The molecular formula is C17H16N4O. The summed E-state index contributed by atoms with van der Waals surface area (Å²) in [4.78, 5) is 15.7. The molecule has 0 aliphatic carbocycles. The Morgan fingerprint density at radius 2 is 2.18 bits per heavy atom. The molecule has 0 saturated heterocycles. The zero-order valence-electron chi connectivity index (χ0n) is 12.1. The van der Waals surface area contributed by atoms with Crippen LogP contribution in [-0.2, 0) is 19.5 Å². The molecule has 22 heavy (non-hydrogen) atoms. The third-order valence-electron chi connectivity index (χ3n) is 3.90. The van der Waals surface area contributed by atoms with Crippen LogP contribution in [0.15, 0.2) is 53.5 Å². The number of nitrogens with zero attached hydrogens (tertiary/aromatic N) is 4. The molecule has 0 aromatic carbocycles. The van der Waals surface area contributed by atoms with E-state index in [9.17, 15) is 0 Å². The number of hydrogen-bond acceptors (Lipinski definition) is 5. The van der Waals surface area contributed by atoms with Crippen LogP contribution in [0.2, 0.25) is 0 Å². The van der Waals surface area contributed by atoms with E-state index < -0.39 is 0 Å². The van der Waals surface area contributed by atoms with Gasteiger partial charge in [-0.2, -0.15) is 0 Å². The van der Waals surface area contributed by atoms with Crippen LogP contribution in [-0.4, -0.2) is 26.4 Å². The van der Waals surface area contributed by atoms with Gasteiger partial charge in [0.15, 0.2) is 5.82 Å². The fourth-order valence-corrected chi connectivity index (χ4v) is 2.75. The van der Waals surface area contributed by atoms with Crippen molar-refractivity contribution in [3.05, 3.63) is 66.1 Å². The fraction of sp³-hybridized carbons (Fsp3) is 0.235. The van der Waals surface area contributed by atoms with Crippen LogP contribution in [0.25, 0.3) is 11.4 Å².